The van der Waals surface area contributed by atoms with E-state index in [2.05, 4.69) is 46.5 Å². The third-order valence-corrected chi connectivity index (χ3v) is 4.81. The first kappa shape index (κ1) is 21.1. The van der Waals surface area contributed by atoms with E-state index in [1.54, 1.807) is 37.6 Å². The summed E-state index contributed by atoms with van der Waals surface area (Å²) in [4.78, 5) is 17.2. The van der Waals surface area contributed by atoms with Gasteiger partial charge in [-0.2, -0.15) is 5.10 Å². The number of pyridine rings is 1. The molecule has 0 aliphatic rings. The Hall–Kier alpha value is -4.12. The number of amides is 1. The molecule has 5 N–H and O–H groups in total. The molecule has 0 saturated carbocycles. The number of nitrogens with zero attached hydrogens (tertiary/aromatic N) is 4. The molecule has 164 valence electrons. The minimum absolute atomic E-state index is 0.265. The molecule has 0 radical (unpaired) electrons. The Morgan fingerprint density at radius 1 is 1.19 bits per heavy atom. The number of halogens is 1. The van der Waals surface area contributed by atoms with Gasteiger partial charge in [-0.05, 0) is 36.2 Å². The van der Waals surface area contributed by atoms with E-state index in [9.17, 15) is 9.18 Å². The molecule has 3 aromatic heterocycles. The number of carbonyl (C=O) groups is 1. The summed E-state index contributed by atoms with van der Waals surface area (Å²) in [6.45, 7) is 0.341. The Balaban J connectivity index is 1.47. The van der Waals surface area contributed by atoms with Crippen LogP contribution in [0.15, 0.2) is 54.9 Å². The molecule has 0 fully saturated rings. The van der Waals surface area contributed by atoms with Gasteiger partial charge in [0.1, 0.15) is 17.5 Å². The van der Waals surface area contributed by atoms with E-state index >= 15 is 0 Å². The van der Waals surface area contributed by atoms with E-state index in [1.807, 2.05) is 12.1 Å². The van der Waals surface area contributed by atoms with E-state index < -0.39 is 6.04 Å². The molecule has 0 unspecified atom stereocenters. The Bertz CT molecular complexity index is 1160. The predicted octanol–water partition coefficient (Wildman–Crippen LogP) is 2.11. The Morgan fingerprint density at radius 3 is 2.78 bits per heavy atom. The van der Waals surface area contributed by atoms with E-state index in [0.717, 1.165) is 11.1 Å². The highest BCUT2D eigenvalue weighted by Crippen LogP contribution is 2.21. The molecule has 1 atom stereocenters. The third-order valence-electron chi connectivity index (χ3n) is 4.81. The van der Waals surface area contributed by atoms with Crippen molar-refractivity contribution in [3.63, 3.8) is 0 Å². The van der Waals surface area contributed by atoms with E-state index in [-0.39, 0.29) is 11.7 Å². The number of benzene rings is 1. The van der Waals surface area contributed by atoms with Crippen LogP contribution in [0.1, 0.15) is 11.3 Å². The van der Waals surface area contributed by atoms with Crippen molar-refractivity contribution in [2.75, 3.05) is 17.7 Å². The lowest BCUT2D eigenvalue weighted by molar-refractivity contribution is -0.118. The molecule has 0 saturated heterocycles. The van der Waals surface area contributed by atoms with Gasteiger partial charge in [-0.3, -0.25) is 20.3 Å². The number of aromatic nitrogens is 6. The number of hydrogen-bond donors (Lipinski definition) is 5. The largest absolute Gasteiger partial charge is 0.373 e. The molecule has 4 rings (SSSR count). The van der Waals surface area contributed by atoms with Crippen LogP contribution in [0.5, 0.6) is 0 Å². The van der Waals surface area contributed by atoms with Crippen molar-refractivity contribution in [2.24, 2.45) is 0 Å². The molecule has 4 aromatic rings. The summed E-state index contributed by atoms with van der Waals surface area (Å²) in [6, 6.07) is 10.9. The first-order valence-electron chi connectivity index (χ1n) is 9.94. The summed E-state index contributed by atoms with van der Waals surface area (Å²) in [5.74, 6) is 0.583. The second-order valence-corrected chi connectivity index (χ2v) is 7.06. The summed E-state index contributed by atoms with van der Waals surface area (Å²) < 4.78 is 13.3. The maximum atomic E-state index is 13.3. The monoisotopic (exact) mass is 435 g/mol. The lowest BCUT2D eigenvalue weighted by Gasteiger charge is -2.17. The van der Waals surface area contributed by atoms with Gasteiger partial charge in [0, 0.05) is 37.6 Å². The standard InChI is InChI=1S/C21H22FN9O/c1-23-19-9-14(6-7-24-19)17-10-20(30-29-17)27-21(32)18(25-11-16-12-26-31-28-16)8-13-2-4-15(22)5-3-13/h2-7,9-10,12,18,25H,8,11H2,1H3,(H,23,24)(H,26,28,31)(H2,27,29,30,32)/t18-/m0/s1. The molecular weight excluding hydrogens is 413 g/mol. The van der Waals surface area contributed by atoms with Crippen molar-refractivity contribution in [1.29, 1.82) is 0 Å². The number of hydrogen-bond acceptors (Lipinski definition) is 7. The van der Waals surface area contributed by atoms with Gasteiger partial charge in [0.2, 0.25) is 5.91 Å². The minimum atomic E-state index is -0.597. The zero-order valence-corrected chi connectivity index (χ0v) is 17.3. The van der Waals surface area contributed by atoms with Crippen molar-refractivity contribution in [3.05, 3.63) is 71.9 Å². The van der Waals surface area contributed by atoms with E-state index in [4.69, 9.17) is 0 Å². The Morgan fingerprint density at radius 2 is 2.03 bits per heavy atom. The highest BCUT2D eigenvalue weighted by molar-refractivity contribution is 5.94. The topological polar surface area (TPSA) is 136 Å². The maximum Gasteiger partial charge on any atom is 0.243 e. The van der Waals surface area contributed by atoms with Crippen LogP contribution in [0, 0.1) is 5.82 Å². The summed E-state index contributed by atoms with van der Waals surface area (Å²) in [5.41, 5.74) is 3.02. The third kappa shape index (κ3) is 5.32. The van der Waals surface area contributed by atoms with Gasteiger partial charge in [0.05, 0.1) is 17.4 Å². The van der Waals surface area contributed by atoms with Crippen molar-refractivity contribution in [3.8, 4) is 11.3 Å². The molecule has 0 spiro atoms. The molecule has 11 heteroatoms. The van der Waals surface area contributed by atoms with Gasteiger partial charge in [0.15, 0.2) is 0 Å². The fourth-order valence-electron chi connectivity index (χ4n) is 3.13. The molecular formula is C21H22FN9O. The lowest BCUT2D eigenvalue weighted by Crippen LogP contribution is -2.42. The molecule has 1 aromatic carbocycles. The van der Waals surface area contributed by atoms with Crippen molar-refractivity contribution in [1.82, 2.24) is 35.9 Å². The summed E-state index contributed by atoms with van der Waals surface area (Å²) >= 11 is 0. The Kier molecular flexibility index (Phi) is 6.46. The average Bonchev–Trinajstić information content (AvgIpc) is 3.50. The molecule has 3 heterocycles. The van der Waals surface area contributed by atoms with Gasteiger partial charge < -0.3 is 10.6 Å². The number of aromatic amines is 2. The molecule has 1 amide bonds. The minimum Gasteiger partial charge on any atom is -0.373 e. The lowest BCUT2D eigenvalue weighted by atomic mass is 10.0. The summed E-state index contributed by atoms with van der Waals surface area (Å²) in [5, 5.41) is 26.4. The van der Waals surface area contributed by atoms with E-state index in [1.165, 1.54) is 12.1 Å². The number of nitrogens with one attached hydrogen (secondary N) is 5. The first-order chi connectivity index (χ1) is 15.6. The maximum absolute atomic E-state index is 13.3. The quantitative estimate of drug-likeness (QED) is 0.272. The van der Waals surface area contributed by atoms with Crippen LogP contribution in [0.4, 0.5) is 16.0 Å². The fraction of sp³-hybridized carbons (Fsp3) is 0.190. The number of rotatable bonds is 9. The Labute approximate surface area is 183 Å². The second kappa shape index (κ2) is 9.79. The number of H-pyrrole nitrogens is 2. The zero-order chi connectivity index (χ0) is 22.3. The van der Waals surface area contributed by atoms with Gasteiger partial charge in [-0.25, -0.2) is 9.37 Å². The van der Waals surface area contributed by atoms with Crippen molar-refractivity contribution in [2.45, 2.75) is 19.0 Å². The molecule has 32 heavy (non-hydrogen) atoms. The van der Waals surface area contributed by atoms with Gasteiger partial charge in [0.25, 0.3) is 0 Å². The van der Waals surface area contributed by atoms with Crippen LogP contribution in [0.3, 0.4) is 0 Å². The van der Waals surface area contributed by atoms with Crippen LogP contribution in [0.2, 0.25) is 0 Å². The van der Waals surface area contributed by atoms with Crippen molar-refractivity contribution >= 4 is 17.5 Å². The van der Waals surface area contributed by atoms with Crippen LogP contribution in [-0.2, 0) is 17.8 Å². The molecule has 0 aliphatic heterocycles. The van der Waals surface area contributed by atoms with Crippen LogP contribution < -0.4 is 16.0 Å². The smallest absolute Gasteiger partial charge is 0.243 e. The predicted molar refractivity (Wildman–Crippen MR) is 117 cm³/mol. The van der Waals surface area contributed by atoms with Crippen LogP contribution in [-0.4, -0.2) is 49.6 Å². The summed E-state index contributed by atoms with van der Waals surface area (Å²) in [7, 11) is 1.79. The van der Waals surface area contributed by atoms with E-state index in [0.29, 0.717) is 36.0 Å². The highest BCUT2D eigenvalue weighted by Gasteiger charge is 2.20. The van der Waals surface area contributed by atoms with Crippen LogP contribution >= 0.6 is 0 Å². The summed E-state index contributed by atoms with van der Waals surface area (Å²) in [6.07, 6.45) is 3.69. The SMILES string of the molecule is CNc1cc(-c2cc(NC(=O)[C@H](Cc3ccc(F)cc3)NCc3c[nH]nn3)[nH]n2)ccn1. The van der Waals surface area contributed by atoms with Gasteiger partial charge >= 0.3 is 0 Å². The van der Waals surface area contributed by atoms with Crippen LogP contribution in [0.25, 0.3) is 11.3 Å². The normalized spacial score (nSPS) is 11.8. The molecule has 0 aliphatic carbocycles. The molecule has 10 nitrogen and oxygen atoms in total. The van der Waals surface area contributed by atoms with Gasteiger partial charge in [-0.15, -0.1) is 5.10 Å². The second-order valence-electron chi connectivity index (χ2n) is 7.06. The first-order valence-corrected chi connectivity index (χ1v) is 9.94. The van der Waals surface area contributed by atoms with Crippen molar-refractivity contribution < 1.29 is 9.18 Å². The van der Waals surface area contributed by atoms with Gasteiger partial charge in [-0.1, -0.05) is 17.3 Å². The average molecular weight is 435 g/mol. The fourth-order valence-corrected chi connectivity index (χ4v) is 3.13. The number of anilines is 2. The highest BCUT2D eigenvalue weighted by atomic mass is 19.1. The number of carbonyl (C=O) groups excluding carboxylic acids is 1. The molecule has 0 bridgehead atoms. The zero-order valence-electron chi connectivity index (χ0n) is 17.3.